The van der Waals surface area contributed by atoms with Gasteiger partial charge in [-0.2, -0.15) is 0 Å². The van der Waals surface area contributed by atoms with Gasteiger partial charge in [0, 0.05) is 31.1 Å². The van der Waals surface area contributed by atoms with Crippen molar-refractivity contribution in [3.8, 4) is 0 Å². The molecule has 1 saturated carbocycles. The van der Waals surface area contributed by atoms with E-state index in [0.29, 0.717) is 23.7 Å². The van der Waals surface area contributed by atoms with Gasteiger partial charge in [-0.25, -0.2) is 0 Å². The fourth-order valence-corrected chi connectivity index (χ4v) is 5.15. The zero-order valence-electron chi connectivity index (χ0n) is 16.1. The summed E-state index contributed by atoms with van der Waals surface area (Å²) >= 11 is 0. The van der Waals surface area contributed by atoms with Crippen LogP contribution in [0.1, 0.15) is 64.8 Å². The zero-order valence-corrected chi connectivity index (χ0v) is 16.1. The summed E-state index contributed by atoms with van der Waals surface area (Å²) < 4.78 is 0. The molecule has 0 radical (unpaired) electrons. The summed E-state index contributed by atoms with van der Waals surface area (Å²) in [5, 5.41) is 9.43. The highest BCUT2D eigenvalue weighted by molar-refractivity contribution is 6.24. The van der Waals surface area contributed by atoms with Gasteiger partial charge in [-0.15, -0.1) is 0 Å². The van der Waals surface area contributed by atoms with Gasteiger partial charge in [-0.05, 0) is 43.7 Å². The average molecular weight is 396 g/mol. The Hall–Kier alpha value is -2.58. The second-order valence-corrected chi connectivity index (χ2v) is 8.58. The number of hydrogen-bond acceptors (Lipinski definition) is 6. The number of carbonyl (C=O) groups is 4. The Labute approximate surface area is 168 Å². The number of rotatable bonds is 4. The maximum atomic E-state index is 13.2. The molecule has 4 fully saturated rings. The van der Waals surface area contributed by atoms with Crippen LogP contribution in [0.3, 0.4) is 0 Å². The van der Waals surface area contributed by atoms with E-state index in [9.17, 15) is 19.2 Å². The topological polar surface area (TPSA) is 108 Å². The van der Waals surface area contributed by atoms with Gasteiger partial charge in [-0.3, -0.25) is 29.4 Å². The molecule has 1 aliphatic carbocycles. The summed E-state index contributed by atoms with van der Waals surface area (Å²) in [6.07, 6.45) is 4.81. The fraction of sp³-hybridized carbons (Fsp3) is 0.524. The van der Waals surface area contributed by atoms with Crippen LogP contribution in [0.4, 0.5) is 0 Å². The lowest BCUT2D eigenvalue weighted by atomic mass is 9.75. The predicted molar refractivity (Wildman–Crippen MR) is 103 cm³/mol. The number of amides is 4. The molecule has 2 bridgehead atoms. The molecule has 29 heavy (non-hydrogen) atoms. The quantitative estimate of drug-likeness (QED) is 0.639. The molecular weight excluding hydrogens is 372 g/mol. The smallest absolute Gasteiger partial charge is 0.262 e. The van der Waals surface area contributed by atoms with Gasteiger partial charge in [-0.1, -0.05) is 12.1 Å². The summed E-state index contributed by atoms with van der Waals surface area (Å²) in [5.41, 5.74) is 1.52. The third-order valence-electron chi connectivity index (χ3n) is 6.88. The highest BCUT2D eigenvalue weighted by Crippen LogP contribution is 2.34. The molecule has 4 aliphatic heterocycles. The van der Waals surface area contributed by atoms with Crippen molar-refractivity contribution in [3.63, 3.8) is 0 Å². The highest BCUT2D eigenvalue weighted by Gasteiger charge is 2.46. The number of fused-ring (bicyclic) bond motifs is 4. The van der Waals surface area contributed by atoms with E-state index in [4.69, 9.17) is 0 Å². The van der Waals surface area contributed by atoms with Crippen LogP contribution in [-0.2, 0) is 16.1 Å². The third kappa shape index (κ3) is 2.98. The first-order valence-electron chi connectivity index (χ1n) is 10.3. The van der Waals surface area contributed by atoms with E-state index in [-0.39, 0.29) is 24.3 Å². The van der Waals surface area contributed by atoms with Crippen LogP contribution in [0.25, 0.3) is 0 Å². The van der Waals surface area contributed by atoms with Crippen LogP contribution in [0.5, 0.6) is 0 Å². The van der Waals surface area contributed by atoms with E-state index in [0.717, 1.165) is 42.7 Å². The number of nitrogens with zero attached hydrogens (tertiary/aromatic N) is 1. The Bertz CT molecular complexity index is 905. The van der Waals surface area contributed by atoms with E-state index in [2.05, 4.69) is 16.0 Å². The molecule has 3 N–H and O–H groups in total. The molecule has 6 rings (SSSR count). The van der Waals surface area contributed by atoms with Crippen LogP contribution in [0.2, 0.25) is 0 Å². The Morgan fingerprint density at radius 2 is 1.86 bits per heavy atom. The lowest BCUT2D eigenvalue weighted by molar-refractivity contribution is -0.136. The second-order valence-electron chi connectivity index (χ2n) is 8.58. The maximum Gasteiger partial charge on any atom is 0.262 e. The van der Waals surface area contributed by atoms with Crippen molar-refractivity contribution in [2.45, 2.75) is 62.7 Å². The molecule has 1 atom stereocenters. The Morgan fingerprint density at radius 3 is 2.55 bits per heavy atom. The third-order valence-corrected chi connectivity index (χ3v) is 6.88. The van der Waals surface area contributed by atoms with E-state index >= 15 is 0 Å². The monoisotopic (exact) mass is 396 g/mol. The molecule has 3 saturated heterocycles. The SMILES string of the molecule is O=C1CCC(N2C(=O)c3cccc(CNC45CCC(CC4)NC5)c3C2=O)C(=O)N1. The zero-order chi connectivity index (χ0) is 20.2. The van der Waals surface area contributed by atoms with Gasteiger partial charge in [0.2, 0.25) is 11.8 Å². The highest BCUT2D eigenvalue weighted by atomic mass is 16.2. The van der Waals surface area contributed by atoms with Crippen molar-refractivity contribution in [2.24, 2.45) is 0 Å². The maximum absolute atomic E-state index is 13.2. The number of hydrogen-bond donors (Lipinski definition) is 3. The Kier molecular flexibility index (Phi) is 4.29. The second kappa shape index (κ2) is 6.74. The van der Waals surface area contributed by atoms with Gasteiger partial charge >= 0.3 is 0 Å². The predicted octanol–water partition coefficient (Wildman–Crippen LogP) is 0.462. The molecule has 1 unspecified atom stereocenters. The molecule has 1 aromatic carbocycles. The van der Waals surface area contributed by atoms with E-state index in [1.807, 2.05) is 6.07 Å². The summed E-state index contributed by atoms with van der Waals surface area (Å²) in [5.74, 6) is -1.86. The van der Waals surface area contributed by atoms with Crippen molar-refractivity contribution < 1.29 is 19.2 Å². The first kappa shape index (κ1) is 18.4. The molecule has 4 amide bonds. The summed E-state index contributed by atoms with van der Waals surface area (Å²) in [4.78, 5) is 50.8. The van der Waals surface area contributed by atoms with Crippen molar-refractivity contribution in [2.75, 3.05) is 6.54 Å². The molecule has 1 aromatic rings. The van der Waals surface area contributed by atoms with Crippen LogP contribution < -0.4 is 16.0 Å². The molecular formula is C21H24N4O4. The largest absolute Gasteiger partial charge is 0.312 e. The number of carbonyl (C=O) groups excluding carboxylic acids is 4. The first-order chi connectivity index (χ1) is 14.0. The Balaban J connectivity index is 1.39. The summed E-state index contributed by atoms with van der Waals surface area (Å²) in [7, 11) is 0. The molecule has 8 heteroatoms. The lowest BCUT2D eigenvalue weighted by Gasteiger charge is -2.48. The van der Waals surface area contributed by atoms with Gasteiger partial charge < -0.3 is 10.6 Å². The van der Waals surface area contributed by atoms with E-state index in [1.54, 1.807) is 12.1 Å². The van der Waals surface area contributed by atoms with E-state index in [1.165, 1.54) is 0 Å². The molecule has 0 spiro atoms. The van der Waals surface area contributed by atoms with Gasteiger partial charge in [0.15, 0.2) is 0 Å². The van der Waals surface area contributed by atoms with Crippen LogP contribution in [0.15, 0.2) is 18.2 Å². The number of benzene rings is 1. The molecule has 152 valence electrons. The number of imide groups is 2. The molecule has 5 aliphatic rings. The summed E-state index contributed by atoms with van der Waals surface area (Å²) in [6, 6.07) is 4.97. The molecule has 4 heterocycles. The summed E-state index contributed by atoms with van der Waals surface area (Å²) in [6.45, 7) is 1.42. The average Bonchev–Trinajstić information content (AvgIpc) is 2.99. The number of piperidine rings is 3. The van der Waals surface area contributed by atoms with Crippen LogP contribution >= 0.6 is 0 Å². The molecule has 0 aromatic heterocycles. The van der Waals surface area contributed by atoms with Gasteiger partial charge in [0.1, 0.15) is 6.04 Å². The molecule has 8 nitrogen and oxygen atoms in total. The fourth-order valence-electron chi connectivity index (χ4n) is 5.15. The minimum absolute atomic E-state index is 0.0342. The normalized spacial score (nSPS) is 31.2. The lowest BCUT2D eigenvalue weighted by Crippen LogP contribution is -2.62. The first-order valence-corrected chi connectivity index (χ1v) is 10.3. The van der Waals surface area contributed by atoms with Gasteiger partial charge in [0.05, 0.1) is 11.1 Å². The minimum atomic E-state index is -0.933. The van der Waals surface area contributed by atoms with E-state index < -0.39 is 23.8 Å². The van der Waals surface area contributed by atoms with Crippen LogP contribution in [0, 0.1) is 0 Å². The van der Waals surface area contributed by atoms with Crippen molar-refractivity contribution in [3.05, 3.63) is 34.9 Å². The van der Waals surface area contributed by atoms with Crippen molar-refractivity contribution >= 4 is 23.6 Å². The standard InChI is InChI=1S/C21H24N4O4/c26-16-5-4-15(18(27)24-16)25-19(28)14-3-1-2-12(17(14)20(25)29)10-23-21-8-6-13(7-9-21)22-11-21/h1-3,13,15,22-23H,4-11H2,(H,24,26,27). The van der Waals surface area contributed by atoms with Crippen molar-refractivity contribution in [1.29, 1.82) is 0 Å². The van der Waals surface area contributed by atoms with Crippen LogP contribution in [-0.4, -0.2) is 52.7 Å². The van der Waals surface area contributed by atoms with Crippen molar-refractivity contribution in [1.82, 2.24) is 20.9 Å². The number of nitrogens with one attached hydrogen (secondary N) is 3. The Morgan fingerprint density at radius 1 is 1.07 bits per heavy atom. The minimum Gasteiger partial charge on any atom is -0.312 e. The van der Waals surface area contributed by atoms with Gasteiger partial charge in [0.25, 0.3) is 11.8 Å².